The fourth-order valence-corrected chi connectivity index (χ4v) is 1.77. The van der Waals surface area contributed by atoms with Gasteiger partial charge < -0.3 is 5.32 Å². The van der Waals surface area contributed by atoms with E-state index in [9.17, 15) is 4.39 Å². The second kappa shape index (κ2) is 4.14. The molecule has 0 saturated carbocycles. The first kappa shape index (κ1) is 11.0. The summed E-state index contributed by atoms with van der Waals surface area (Å²) < 4.78 is 15.0. The average molecular weight is 240 g/mol. The Labute approximate surface area is 97.9 Å². The molecule has 0 unspecified atom stereocenters. The van der Waals surface area contributed by atoms with Gasteiger partial charge in [0, 0.05) is 18.3 Å². The Kier molecular flexibility index (Phi) is 2.83. The van der Waals surface area contributed by atoms with Gasteiger partial charge in [0.2, 0.25) is 5.95 Å². The molecule has 0 aliphatic carbocycles. The van der Waals surface area contributed by atoms with Crippen LogP contribution < -0.4 is 5.32 Å². The minimum atomic E-state index is -0.365. The highest BCUT2D eigenvalue weighted by atomic mass is 35.5. The number of halogens is 2. The van der Waals surface area contributed by atoms with Crippen LogP contribution in [0.15, 0.2) is 24.4 Å². The number of hydrogen-bond donors (Lipinski definition) is 1. The lowest BCUT2D eigenvalue weighted by atomic mass is 10.3. The molecule has 1 aromatic carbocycles. The molecule has 0 saturated heterocycles. The van der Waals surface area contributed by atoms with Crippen LogP contribution in [0.4, 0.5) is 10.3 Å². The topological polar surface area (TPSA) is 29.9 Å². The van der Waals surface area contributed by atoms with E-state index in [1.54, 1.807) is 17.7 Å². The highest BCUT2D eigenvalue weighted by molar-refractivity contribution is 6.30. The second-order valence-corrected chi connectivity index (χ2v) is 3.89. The van der Waals surface area contributed by atoms with E-state index in [1.807, 2.05) is 13.1 Å². The zero-order valence-corrected chi connectivity index (χ0v) is 9.72. The molecule has 5 heteroatoms. The maximum Gasteiger partial charge on any atom is 0.207 e. The van der Waals surface area contributed by atoms with Crippen molar-refractivity contribution in [2.24, 2.45) is 0 Å². The summed E-state index contributed by atoms with van der Waals surface area (Å²) in [7, 11) is 1.76. The Hall–Kier alpha value is -1.55. The highest BCUT2D eigenvalue weighted by Gasteiger charge is 2.07. The molecule has 0 radical (unpaired) electrons. The smallest absolute Gasteiger partial charge is 0.207 e. The van der Waals surface area contributed by atoms with Gasteiger partial charge in [-0.25, -0.2) is 9.37 Å². The molecule has 0 aliphatic rings. The molecule has 0 aliphatic heterocycles. The van der Waals surface area contributed by atoms with Crippen molar-refractivity contribution >= 4 is 17.5 Å². The Balaban J connectivity index is 2.57. The van der Waals surface area contributed by atoms with E-state index in [-0.39, 0.29) is 5.82 Å². The zero-order chi connectivity index (χ0) is 11.7. The van der Waals surface area contributed by atoms with Gasteiger partial charge in [-0.1, -0.05) is 11.6 Å². The molecular weight excluding hydrogens is 229 g/mol. The molecule has 84 valence electrons. The predicted octanol–water partition coefficient (Wildman–Crippen LogP) is 3.01. The van der Waals surface area contributed by atoms with E-state index >= 15 is 0 Å². The fourth-order valence-electron chi connectivity index (χ4n) is 1.55. The molecule has 0 amide bonds. The summed E-state index contributed by atoms with van der Waals surface area (Å²) in [5, 5.41) is 3.30. The summed E-state index contributed by atoms with van der Waals surface area (Å²) in [6.07, 6.45) is 1.82. The minimum absolute atomic E-state index is 0.364. The SMILES string of the molecule is CNc1nc(C)cn1-c1cc(F)cc(Cl)c1. The van der Waals surface area contributed by atoms with Crippen molar-refractivity contribution in [1.82, 2.24) is 9.55 Å². The van der Waals surface area contributed by atoms with Crippen molar-refractivity contribution in [3.05, 3.63) is 40.9 Å². The van der Waals surface area contributed by atoms with Gasteiger partial charge in [0.05, 0.1) is 11.4 Å². The highest BCUT2D eigenvalue weighted by Crippen LogP contribution is 2.21. The van der Waals surface area contributed by atoms with Gasteiger partial charge in [0.15, 0.2) is 0 Å². The Morgan fingerprint density at radius 3 is 2.75 bits per heavy atom. The second-order valence-electron chi connectivity index (χ2n) is 3.45. The zero-order valence-electron chi connectivity index (χ0n) is 8.96. The number of hydrogen-bond acceptors (Lipinski definition) is 2. The number of rotatable bonds is 2. The van der Waals surface area contributed by atoms with E-state index in [0.29, 0.717) is 16.7 Å². The van der Waals surface area contributed by atoms with E-state index in [0.717, 1.165) is 5.69 Å². The van der Waals surface area contributed by atoms with Gasteiger partial charge >= 0.3 is 0 Å². The van der Waals surface area contributed by atoms with Crippen LogP contribution in [0, 0.1) is 12.7 Å². The molecule has 0 spiro atoms. The Morgan fingerprint density at radius 1 is 1.38 bits per heavy atom. The number of nitrogens with one attached hydrogen (secondary N) is 1. The lowest BCUT2D eigenvalue weighted by molar-refractivity contribution is 0.626. The van der Waals surface area contributed by atoms with Gasteiger partial charge in [-0.3, -0.25) is 4.57 Å². The third-order valence-electron chi connectivity index (χ3n) is 2.18. The first-order chi connectivity index (χ1) is 7.60. The van der Waals surface area contributed by atoms with Crippen LogP contribution in [-0.2, 0) is 0 Å². The molecule has 1 aromatic heterocycles. The molecule has 1 heterocycles. The third-order valence-corrected chi connectivity index (χ3v) is 2.39. The molecule has 2 rings (SSSR count). The normalized spacial score (nSPS) is 10.5. The van der Waals surface area contributed by atoms with Gasteiger partial charge in [-0.05, 0) is 25.1 Å². The number of nitrogens with zero attached hydrogens (tertiary/aromatic N) is 2. The molecule has 3 nitrogen and oxygen atoms in total. The first-order valence-corrected chi connectivity index (χ1v) is 5.18. The van der Waals surface area contributed by atoms with E-state index in [4.69, 9.17) is 11.6 Å². The average Bonchev–Trinajstić information content (AvgIpc) is 2.58. The summed E-state index contributed by atoms with van der Waals surface area (Å²) in [5.74, 6) is 0.287. The lowest BCUT2D eigenvalue weighted by Crippen LogP contribution is -2.00. The maximum absolute atomic E-state index is 13.2. The number of imidazole rings is 1. The molecule has 0 atom stereocenters. The quantitative estimate of drug-likeness (QED) is 0.873. The molecule has 16 heavy (non-hydrogen) atoms. The number of anilines is 1. The largest absolute Gasteiger partial charge is 0.358 e. The van der Waals surface area contributed by atoms with Gasteiger partial charge in [0.25, 0.3) is 0 Å². The van der Waals surface area contributed by atoms with Crippen LogP contribution in [0.2, 0.25) is 5.02 Å². The van der Waals surface area contributed by atoms with Crippen molar-refractivity contribution in [3.8, 4) is 5.69 Å². The predicted molar refractivity (Wildman–Crippen MR) is 62.8 cm³/mol. The molecule has 0 fully saturated rings. The van der Waals surface area contributed by atoms with Crippen molar-refractivity contribution < 1.29 is 4.39 Å². The number of aromatic nitrogens is 2. The summed E-state index contributed by atoms with van der Waals surface area (Å²) >= 11 is 5.81. The van der Waals surface area contributed by atoms with Crippen LogP contribution in [-0.4, -0.2) is 16.6 Å². The van der Waals surface area contributed by atoms with Crippen LogP contribution >= 0.6 is 11.6 Å². The van der Waals surface area contributed by atoms with Crippen LogP contribution in [0.5, 0.6) is 0 Å². The van der Waals surface area contributed by atoms with Crippen molar-refractivity contribution in [3.63, 3.8) is 0 Å². The molecular formula is C11H11ClFN3. The molecule has 2 aromatic rings. The van der Waals surface area contributed by atoms with Crippen molar-refractivity contribution in [2.75, 3.05) is 12.4 Å². The van der Waals surface area contributed by atoms with E-state index < -0.39 is 0 Å². The monoisotopic (exact) mass is 239 g/mol. The molecule has 1 N–H and O–H groups in total. The lowest BCUT2D eigenvalue weighted by Gasteiger charge is -2.07. The van der Waals surface area contributed by atoms with Crippen molar-refractivity contribution in [2.45, 2.75) is 6.92 Å². The van der Waals surface area contributed by atoms with Crippen molar-refractivity contribution in [1.29, 1.82) is 0 Å². The fraction of sp³-hybridized carbons (Fsp3) is 0.182. The van der Waals surface area contributed by atoms with Gasteiger partial charge in [-0.2, -0.15) is 0 Å². The Morgan fingerprint density at radius 2 is 2.12 bits per heavy atom. The van der Waals surface area contributed by atoms with Crippen LogP contribution in [0.25, 0.3) is 5.69 Å². The number of benzene rings is 1. The van der Waals surface area contributed by atoms with Crippen LogP contribution in [0.3, 0.4) is 0 Å². The summed E-state index contributed by atoms with van der Waals surface area (Å²) in [5.41, 5.74) is 1.50. The summed E-state index contributed by atoms with van der Waals surface area (Å²) in [4.78, 5) is 4.25. The molecule has 0 bridgehead atoms. The van der Waals surface area contributed by atoms with Gasteiger partial charge in [-0.15, -0.1) is 0 Å². The maximum atomic E-state index is 13.2. The summed E-state index contributed by atoms with van der Waals surface area (Å²) in [6.45, 7) is 1.87. The Bertz CT molecular complexity index is 502. The van der Waals surface area contributed by atoms with E-state index in [2.05, 4.69) is 10.3 Å². The van der Waals surface area contributed by atoms with Crippen LogP contribution in [0.1, 0.15) is 5.69 Å². The van der Waals surface area contributed by atoms with E-state index in [1.165, 1.54) is 12.1 Å². The summed E-state index contributed by atoms with van der Waals surface area (Å²) in [6, 6.07) is 4.37. The number of aryl methyl sites for hydroxylation is 1. The first-order valence-electron chi connectivity index (χ1n) is 4.80. The minimum Gasteiger partial charge on any atom is -0.358 e. The van der Waals surface area contributed by atoms with Gasteiger partial charge in [0.1, 0.15) is 5.82 Å². The third kappa shape index (κ3) is 2.02. The standard InChI is InChI=1S/C11H11ClFN3/c1-7-6-16(11(14-2)15-7)10-4-8(12)3-9(13)5-10/h3-6H,1-2H3,(H,14,15).